The van der Waals surface area contributed by atoms with Crippen molar-refractivity contribution in [2.24, 2.45) is 22.7 Å². The molecule has 9 atom stereocenters. The van der Waals surface area contributed by atoms with Crippen molar-refractivity contribution in [1.82, 2.24) is 0 Å². The van der Waals surface area contributed by atoms with Crippen molar-refractivity contribution in [1.29, 1.82) is 0 Å². The first-order valence-electron chi connectivity index (χ1n) is 18.5. The smallest absolute Gasteiger partial charge is 0.455 e. The molecule has 0 amide bonds. The molecule has 12 heteroatoms. The van der Waals surface area contributed by atoms with Gasteiger partial charge in [0, 0.05) is 30.1 Å². The zero-order chi connectivity index (χ0) is 39.1. The summed E-state index contributed by atoms with van der Waals surface area (Å²) < 4.78 is 35.4. The summed E-state index contributed by atoms with van der Waals surface area (Å²) in [5, 5.41) is 24.8. The van der Waals surface area contributed by atoms with Crippen LogP contribution >= 0.6 is 0 Å². The van der Waals surface area contributed by atoms with E-state index in [1.807, 2.05) is 12.1 Å². The molecular formula is C43H46O12. The van der Waals surface area contributed by atoms with Crippen molar-refractivity contribution in [2.45, 2.75) is 89.9 Å². The van der Waals surface area contributed by atoms with E-state index in [2.05, 4.69) is 0 Å². The lowest BCUT2D eigenvalue weighted by atomic mass is 9.46. The topological polar surface area (TPSA) is 164 Å². The van der Waals surface area contributed by atoms with Crippen LogP contribution in [0.2, 0.25) is 0 Å². The largest absolute Gasteiger partial charge is 0.509 e. The van der Waals surface area contributed by atoms with Crippen LogP contribution in [0.15, 0.2) is 102 Å². The van der Waals surface area contributed by atoms with Crippen LogP contribution < -0.4 is 0 Å². The molecule has 1 saturated heterocycles. The highest BCUT2D eigenvalue weighted by Crippen LogP contribution is 2.62. The Hall–Kier alpha value is -5.04. The van der Waals surface area contributed by atoms with Crippen molar-refractivity contribution in [3.63, 3.8) is 0 Å². The van der Waals surface area contributed by atoms with Gasteiger partial charge in [0.15, 0.2) is 11.9 Å². The van der Waals surface area contributed by atoms with E-state index < -0.39 is 82.8 Å². The van der Waals surface area contributed by atoms with E-state index in [4.69, 9.17) is 28.4 Å². The lowest BCUT2D eigenvalue weighted by Gasteiger charge is -2.64. The summed E-state index contributed by atoms with van der Waals surface area (Å²) in [6, 6.07) is 26.2. The molecule has 12 nitrogen and oxygen atoms in total. The number of benzene rings is 3. The zero-order valence-electron chi connectivity index (χ0n) is 31.2. The third-order valence-electron chi connectivity index (χ3n) is 12.4. The number of aliphatic hydroxyl groups is 2. The number of ketones is 1. The van der Waals surface area contributed by atoms with E-state index in [9.17, 15) is 24.6 Å². The summed E-state index contributed by atoms with van der Waals surface area (Å²) in [6.45, 7) is 6.45. The van der Waals surface area contributed by atoms with E-state index in [1.54, 1.807) is 107 Å². The molecule has 3 aromatic carbocycles. The summed E-state index contributed by atoms with van der Waals surface area (Å²) in [5.41, 5.74) is -3.23. The lowest BCUT2D eigenvalue weighted by molar-refractivity contribution is -0.277. The Morgan fingerprint density at radius 3 is 1.89 bits per heavy atom. The van der Waals surface area contributed by atoms with Gasteiger partial charge >= 0.3 is 18.3 Å². The lowest BCUT2D eigenvalue weighted by Crippen LogP contribution is -2.75. The quantitative estimate of drug-likeness (QED) is 0.154. The highest BCUT2D eigenvalue weighted by molar-refractivity contribution is 5.95. The van der Waals surface area contributed by atoms with Gasteiger partial charge in [0.1, 0.15) is 31.0 Å². The van der Waals surface area contributed by atoms with Crippen molar-refractivity contribution in [3.8, 4) is 0 Å². The molecular weight excluding hydrogens is 708 g/mol. The SMILES string of the molecule is CC1=C2[C@@H](OC(=O)OCc3ccccc3)C(=O)[C@@]3(C)C([C@@H]4CO[C@@H]4C[C@@H]3OC(=O)OCc3ccccc3)[C@H](OC(=O)c3ccccc3)[C@](O)(C[C@@H]1O)C2(C)C. The normalized spacial score (nSPS) is 32.0. The number of carbonyl (C=O) groups excluding carboxylic acids is 4. The Morgan fingerprint density at radius 1 is 0.800 bits per heavy atom. The van der Waals surface area contributed by atoms with Crippen LogP contribution in [0.4, 0.5) is 9.59 Å². The number of carbonyl (C=O) groups is 4. The van der Waals surface area contributed by atoms with Gasteiger partial charge in [0.2, 0.25) is 0 Å². The highest BCUT2D eigenvalue weighted by atomic mass is 16.7. The van der Waals surface area contributed by atoms with E-state index in [0.717, 1.165) is 0 Å². The van der Waals surface area contributed by atoms with Crippen LogP contribution in [0.3, 0.4) is 0 Å². The number of esters is 1. The van der Waals surface area contributed by atoms with Crippen molar-refractivity contribution < 1.29 is 57.8 Å². The molecule has 1 unspecified atom stereocenters. The van der Waals surface area contributed by atoms with Crippen molar-refractivity contribution in [3.05, 3.63) is 119 Å². The number of hydrogen-bond donors (Lipinski definition) is 2. The molecule has 7 rings (SSSR count). The number of aliphatic hydroxyl groups excluding tert-OH is 1. The molecule has 1 aliphatic heterocycles. The van der Waals surface area contributed by atoms with Gasteiger partial charge in [-0.2, -0.15) is 0 Å². The molecule has 0 spiro atoms. The Balaban J connectivity index is 1.34. The van der Waals surface area contributed by atoms with Gasteiger partial charge in [-0.25, -0.2) is 14.4 Å². The van der Waals surface area contributed by atoms with Crippen molar-refractivity contribution >= 4 is 24.1 Å². The molecule has 0 aromatic heterocycles. The number of Topliss-reactive ketones (excluding diaryl/α,β-unsaturated/α-hetero) is 1. The molecule has 1 heterocycles. The first-order valence-corrected chi connectivity index (χ1v) is 18.5. The first kappa shape index (κ1) is 38.2. The maximum Gasteiger partial charge on any atom is 0.509 e. The minimum absolute atomic E-state index is 0.0663. The van der Waals surface area contributed by atoms with Crippen LogP contribution in [0.5, 0.6) is 0 Å². The van der Waals surface area contributed by atoms with E-state index in [-0.39, 0.29) is 43.8 Å². The number of hydrogen-bond acceptors (Lipinski definition) is 12. The summed E-state index contributed by atoms with van der Waals surface area (Å²) in [7, 11) is 0. The number of ether oxygens (including phenoxy) is 6. The maximum atomic E-state index is 15.6. The zero-order valence-corrected chi connectivity index (χ0v) is 31.2. The Morgan fingerprint density at radius 2 is 1.35 bits per heavy atom. The average molecular weight is 755 g/mol. The molecule has 2 saturated carbocycles. The van der Waals surface area contributed by atoms with Gasteiger partial charge in [0.05, 0.1) is 29.8 Å². The van der Waals surface area contributed by atoms with Gasteiger partial charge in [-0.3, -0.25) is 4.79 Å². The second-order valence-corrected chi connectivity index (χ2v) is 15.7. The van der Waals surface area contributed by atoms with E-state index in [1.165, 1.54) is 0 Å². The molecule has 2 N–H and O–H groups in total. The number of rotatable bonds is 8. The molecule has 3 aliphatic carbocycles. The van der Waals surface area contributed by atoms with Gasteiger partial charge < -0.3 is 38.6 Å². The third kappa shape index (κ3) is 6.81. The second kappa shape index (κ2) is 14.9. The second-order valence-electron chi connectivity index (χ2n) is 15.7. The van der Waals surface area contributed by atoms with Crippen LogP contribution in [0.25, 0.3) is 0 Å². The van der Waals surface area contributed by atoms with Crippen LogP contribution in [-0.4, -0.2) is 77.0 Å². The fourth-order valence-corrected chi connectivity index (χ4v) is 9.15. The molecule has 3 fully saturated rings. The molecule has 0 radical (unpaired) electrons. The van der Waals surface area contributed by atoms with Gasteiger partial charge in [-0.15, -0.1) is 0 Å². The van der Waals surface area contributed by atoms with Crippen LogP contribution in [-0.2, 0) is 46.4 Å². The Kier molecular flexibility index (Phi) is 10.4. The molecule has 3 aromatic rings. The molecule has 290 valence electrons. The first-order chi connectivity index (χ1) is 26.3. The molecule has 4 aliphatic rings. The summed E-state index contributed by atoms with van der Waals surface area (Å²) >= 11 is 0. The standard InChI is InChI=1S/C43H46O12/c1-25-30(44)21-43(49)37(55-38(46)28-18-12-7-13-19-28)34-29-24-50-31(29)20-32(53-39(47)51-22-26-14-8-5-9-15-26)42(34,4)36(45)35(33(25)41(43,2)3)54-40(48)52-23-27-16-10-6-11-17-27/h5-19,29-32,34-35,37,44,49H,20-24H2,1-4H3/t29-,30+,31-,32+,34?,35-,37+,42-,43-/m1/s1. The highest BCUT2D eigenvalue weighted by Gasteiger charge is 2.73. The number of fused-ring (bicyclic) bond motifs is 5. The van der Waals surface area contributed by atoms with E-state index in [0.29, 0.717) is 16.7 Å². The minimum atomic E-state index is -2.05. The van der Waals surface area contributed by atoms with E-state index >= 15 is 4.79 Å². The average Bonchev–Trinajstić information content (AvgIpc) is 3.17. The Bertz CT molecular complexity index is 1950. The van der Waals surface area contributed by atoms with Gasteiger partial charge in [0.25, 0.3) is 0 Å². The monoisotopic (exact) mass is 754 g/mol. The summed E-state index contributed by atoms with van der Waals surface area (Å²) in [4.78, 5) is 56.7. The fourth-order valence-electron chi connectivity index (χ4n) is 9.15. The molecule has 2 bridgehead atoms. The Labute approximate surface area is 319 Å². The maximum absolute atomic E-state index is 15.6. The van der Waals surface area contributed by atoms with Gasteiger partial charge in [-0.1, -0.05) is 92.7 Å². The van der Waals surface area contributed by atoms with Gasteiger partial charge in [-0.05, 0) is 48.3 Å². The predicted octanol–water partition coefficient (Wildman–Crippen LogP) is 6.12. The fraction of sp³-hybridized carbons (Fsp3) is 0.442. The molecule has 55 heavy (non-hydrogen) atoms. The summed E-state index contributed by atoms with van der Waals surface area (Å²) in [5.74, 6) is -2.97. The third-order valence-corrected chi connectivity index (χ3v) is 12.4. The summed E-state index contributed by atoms with van der Waals surface area (Å²) in [6.07, 6.45) is -8.70. The predicted molar refractivity (Wildman–Crippen MR) is 195 cm³/mol. The minimum Gasteiger partial charge on any atom is -0.455 e. The van der Waals surface area contributed by atoms with Crippen molar-refractivity contribution in [2.75, 3.05) is 6.61 Å². The van der Waals surface area contributed by atoms with Crippen LogP contribution in [0, 0.1) is 22.7 Å². The van der Waals surface area contributed by atoms with Crippen LogP contribution in [0.1, 0.15) is 62.0 Å².